The van der Waals surface area contributed by atoms with Crippen molar-refractivity contribution in [3.05, 3.63) is 89.3 Å². The number of likely N-dealkylation sites (N-methyl/N-ethyl adjacent to an activating group) is 2. The van der Waals surface area contributed by atoms with Crippen molar-refractivity contribution in [2.45, 2.75) is 61.9 Å². The predicted octanol–water partition coefficient (Wildman–Crippen LogP) is 3.88. The van der Waals surface area contributed by atoms with Crippen LogP contribution in [0.25, 0.3) is 21.1 Å². The quantitative estimate of drug-likeness (QED) is 0.0984. The van der Waals surface area contributed by atoms with E-state index in [1.54, 1.807) is 88.3 Å². The van der Waals surface area contributed by atoms with Crippen LogP contribution in [-0.2, 0) is 32.7 Å². The molecule has 5 aromatic heterocycles. The maximum Gasteiger partial charge on any atom is 0.271 e. The predicted molar refractivity (Wildman–Crippen MR) is 262 cm³/mol. The number of thiophene rings is 1. The fourth-order valence-electron chi connectivity index (χ4n) is 9.90. The third kappa shape index (κ3) is 10.1. The Bertz CT molecular complexity index is 2900. The summed E-state index contributed by atoms with van der Waals surface area (Å²) in [5.74, 6) is 0.172. The fraction of sp³-hybridized carbons (Fsp3) is 0.500. The van der Waals surface area contributed by atoms with E-state index in [0.717, 1.165) is 47.7 Å². The Kier molecular flexibility index (Phi) is 14.3. The van der Waals surface area contributed by atoms with Crippen molar-refractivity contribution >= 4 is 56.1 Å². The first-order valence-electron chi connectivity index (χ1n) is 24.5. The number of rotatable bonds is 21. The number of fused-ring (bicyclic) bond motifs is 2. The molecule has 2 aliphatic carbocycles. The minimum atomic E-state index is -1.15. The molecule has 20 nitrogen and oxygen atoms in total. The molecule has 4 fully saturated rings. The Balaban J connectivity index is 0.657. The normalized spacial score (nSPS) is 20.0. The van der Waals surface area contributed by atoms with Crippen molar-refractivity contribution in [3.63, 3.8) is 0 Å². The number of likely N-dealkylation sites (tertiary alicyclic amines) is 1. The van der Waals surface area contributed by atoms with E-state index in [2.05, 4.69) is 30.8 Å². The summed E-state index contributed by atoms with van der Waals surface area (Å²) in [5.41, 5.74) is -0.128. The number of benzene rings is 1. The Hall–Kier alpha value is -6.46. The number of nitrogens with one attached hydrogen (secondary N) is 2. The first-order valence-corrected chi connectivity index (χ1v) is 25.4. The number of nitrogens with zero attached hydrogens (tertiary/aromatic N) is 9. The van der Waals surface area contributed by atoms with Gasteiger partial charge in [0, 0.05) is 102 Å². The Morgan fingerprint density at radius 1 is 0.944 bits per heavy atom. The highest BCUT2D eigenvalue weighted by Crippen LogP contribution is 2.50. The summed E-state index contributed by atoms with van der Waals surface area (Å²) in [5, 5.41) is 17.0. The van der Waals surface area contributed by atoms with Crippen LogP contribution in [0.15, 0.2) is 71.0 Å². The molecular weight excluding hydrogens is 950 g/mol. The summed E-state index contributed by atoms with van der Waals surface area (Å²) in [7, 11) is 5.04. The minimum Gasteiger partial charge on any atom is -0.489 e. The van der Waals surface area contributed by atoms with Crippen molar-refractivity contribution in [2.75, 3.05) is 92.9 Å². The molecule has 2 saturated carbocycles. The first kappa shape index (κ1) is 49.1. The van der Waals surface area contributed by atoms with E-state index in [1.165, 1.54) is 17.0 Å². The minimum absolute atomic E-state index is 0.0909. The molecule has 1 aromatic carbocycles. The number of carbonyl (C=O) groups excluding carboxylic acids is 4. The van der Waals surface area contributed by atoms with E-state index in [4.69, 9.17) is 23.5 Å². The number of halogens is 1. The van der Waals surface area contributed by atoms with E-state index in [-0.39, 0.29) is 87.8 Å². The molecule has 2 aliphatic heterocycles. The number of hydrogen-bond donors (Lipinski definition) is 2. The van der Waals surface area contributed by atoms with Gasteiger partial charge in [-0.05, 0) is 79.7 Å². The van der Waals surface area contributed by atoms with E-state index >= 15 is 0 Å². The standard InChI is InChI=1S/C50H60FN11O9S/c1-52-49(11-12-49)47(65)55-50(31-40(50)62-15-4-13-54-62)48(66)61-20-18-60(19-21-61)46(64)43-42(36-29-33(51)5-6-38(36)58(43)3)45(63)57(2)22-23-67-24-25-68-26-27-69-41-30-35(71-56-41)32-59-16-8-34(9-17-59)70-39-7-14-53-37-10-28-72-44(37)39/h4-7,10,13-15,28-30,34,40,52H,8-9,11-12,16-27,31-32H2,1-3H3,(H,55,65)/t40-,50?/m0/s1. The third-order valence-corrected chi connectivity index (χ3v) is 15.3. The molecule has 6 aromatic rings. The zero-order valence-corrected chi connectivity index (χ0v) is 41.5. The summed E-state index contributed by atoms with van der Waals surface area (Å²) in [6, 6.07) is 11.3. The average Bonchev–Trinajstić information content (AvgIpc) is 3.94. The van der Waals surface area contributed by atoms with Gasteiger partial charge >= 0.3 is 0 Å². The molecule has 0 spiro atoms. The van der Waals surface area contributed by atoms with Crippen molar-refractivity contribution in [1.82, 2.24) is 54.7 Å². The summed E-state index contributed by atoms with van der Waals surface area (Å²) >= 11 is 1.64. The zero-order chi connectivity index (χ0) is 50.0. The number of aromatic nitrogens is 5. The number of carbonyl (C=O) groups is 4. The molecule has 4 aliphatic rings. The molecule has 0 bridgehead atoms. The summed E-state index contributed by atoms with van der Waals surface area (Å²) in [6.45, 7) is 4.71. The van der Waals surface area contributed by atoms with Gasteiger partial charge in [-0.3, -0.25) is 33.7 Å². The lowest BCUT2D eigenvalue weighted by atomic mass is 10.1. The van der Waals surface area contributed by atoms with Crippen molar-refractivity contribution in [3.8, 4) is 11.6 Å². The van der Waals surface area contributed by atoms with Gasteiger partial charge in [0.1, 0.15) is 35.5 Å². The number of piperazine rings is 1. The van der Waals surface area contributed by atoms with E-state index in [9.17, 15) is 23.6 Å². The SMILES string of the molecule is CNC1(C(=O)NC2(C(=O)N3CCN(C(=O)c4c(C(=O)N(C)CCOCCOCCOc5cc(CN6CCC(Oc7ccnc8ccsc78)CC6)on5)c5cc(F)ccc5n4C)CC3)C[C@@H]2n2cccn2)CC1. The molecule has 382 valence electrons. The number of aryl methyl sites for hydroxylation is 1. The second-order valence-electron chi connectivity index (χ2n) is 19.0. The highest BCUT2D eigenvalue weighted by molar-refractivity contribution is 7.17. The van der Waals surface area contributed by atoms with Gasteiger partial charge < -0.3 is 53.4 Å². The number of amides is 4. The number of piperidine rings is 1. The van der Waals surface area contributed by atoms with Crippen LogP contribution in [0.3, 0.4) is 0 Å². The molecule has 4 amide bonds. The van der Waals surface area contributed by atoms with Gasteiger partial charge in [-0.15, -0.1) is 11.3 Å². The molecule has 0 radical (unpaired) electrons. The van der Waals surface area contributed by atoms with Crippen LogP contribution in [0.5, 0.6) is 11.6 Å². The van der Waals surface area contributed by atoms with Crippen LogP contribution in [0.2, 0.25) is 0 Å². The highest BCUT2D eigenvalue weighted by Gasteiger charge is 2.66. The van der Waals surface area contributed by atoms with Crippen molar-refractivity contribution < 1.29 is 47.0 Å². The second-order valence-corrected chi connectivity index (χ2v) is 19.9. The molecule has 2 atom stereocenters. The molecular formula is C50H60FN11O9S. The van der Waals surface area contributed by atoms with Crippen molar-refractivity contribution in [2.24, 2.45) is 7.05 Å². The van der Waals surface area contributed by atoms with Crippen LogP contribution < -0.4 is 20.1 Å². The number of pyridine rings is 1. The Labute approximate surface area is 419 Å². The summed E-state index contributed by atoms with van der Waals surface area (Å²) < 4.78 is 48.3. The highest BCUT2D eigenvalue weighted by atomic mass is 32.1. The van der Waals surface area contributed by atoms with Gasteiger partial charge in [-0.2, -0.15) is 5.10 Å². The molecule has 2 N–H and O–H groups in total. The van der Waals surface area contributed by atoms with Crippen LogP contribution in [0, 0.1) is 5.82 Å². The molecule has 2 saturated heterocycles. The topological polar surface area (TPSA) is 204 Å². The van der Waals surface area contributed by atoms with E-state index in [1.807, 2.05) is 17.5 Å². The number of hydrogen-bond acceptors (Lipinski definition) is 15. The largest absolute Gasteiger partial charge is 0.489 e. The van der Waals surface area contributed by atoms with Crippen molar-refractivity contribution in [1.29, 1.82) is 0 Å². The van der Waals surface area contributed by atoms with Gasteiger partial charge in [0.15, 0.2) is 5.76 Å². The van der Waals surface area contributed by atoms with Crippen LogP contribution in [-0.4, -0.2) is 178 Å². The molecule has 22 heteroatoms. The number of ether oxygens (including phenoxy) is 4. The zero-order valence-electron chi connectivity index (χ0n) is 40.7. The third-order valence-electron chi connectivity index (χ3n) is 14.4. The monoisotopic (exact) mass is 1010 g/mol. The first-order chi connectivity index (χ1) is 35.0. The Morgan fingerprint density at radius 2 is 1.71 bits per heavy atom. The maximum atomic E-state index is 14.8. The summed E-state index contributed by atoms with van der Waals surface area (Å²) in [6.07, 6.45) is 8.96. The lowest BCUT2D eigenvalue weighted by Crippen LogP contribution is -2.60. The second kappa shape index (κ2) is 20.9. The molecule has 10 rings (SSSR count). The Morgan fingerprint density at radius 3 is 2.46 bits per heavy atom. The maximum absolute atomic E-state index is 14.8. The van der Waals surface area contributed by atoms with Gasteiger partial charge in [-0.25, -0.2) is 4.39 Å². The van der Waals surface area contributed by atoms with Crippen LogP contribution >= 0.6 is 11.3 Å². The van der Waals surface area contributed by atoms with E-state index in [0.29, 0.717) is 55.8 Å². The van der Waals surface area contributed by atoms with Gasteiger partial charge in [0.05, 0.1) is 60.3 Å². The van der Waals surface area contributed by atoms with Crippen LogP contribution in [0.1, 0.15) is 64.8 Å². The smallest absolute Gasteiger partial charge is 0.271 e. The van der Waals surface area contributed by atoms with Crippen LogP contribution in [0.4, 0.5) is 4.39 Å². The summed E-state index contributed by atoms with van der Waals surface area (Å²) in [4.78, 5) is 67.8. The lowest BCUT2D eigenvalue weighted by Gasteiger charge is -2.37. The molecule has 72 heavy (non-hydrogen) atoms. The fourth-order valence-corrected chi connectivity index (χ4v) is 10.7. The molecule has 1 unspecified atom stereocenters. The van der Waals surface area contributed by atoms with E-state index < -0.39 is 28.7 Å². The van der Waals surface area contributed by atoms with Gasteiger partial charge in [0.2, 0.25) is 5.91 Å². The lowest BCUT2D eigenvalue weighted by molar-refractivity contribution is -0.140. The van der Waals surface area contributed by atoms with Gasteiger partial charge in [0.25, 0.3) is 23.6 Å². The molecule has 7 heterocycles. The van der Waals surface area contributed by atoms with Gasteiger partial charge in [-0.1, -0.05) is 0 Å². The average molecular weight is 1010 g/mol.